The number of rotatable bonds is 6. The molecule has 1 aliphatic rings. The molecule has 1 N–H and O–H groups in total. The molecule has 6 nitrogen and oxygen atoms in total. The highest BCUT2D eigenvalue weighted by Gasteiger charge is 2.25. The second-order valence-corrected chi connectivity index (χ2v) is 10.8. The predicted octanol–water partition coefficient (Wildman–Crippen LogP) is 5.94. The smallest absolute Gasteiger partial charge is 0.268 e. The highest BCUT2D eigenvalue weighted by atomic mass is 35.5. The molecule has 0 spiro atoms. The number of hydrogen-bond donors (Lipinski definition) is 1. The normalized spacial score (nSPS) is 15.4. The molecular formula is C25H25ClF2N4O2S. The zero-order chi connectivity index (χ0) is 24.7. The first-order chi connectivity index (χ1) is 16.8. The maximum absolute atomic E-state index is 14.9. The molecule has 0 saturated carbocycles. The van der Waals surface area contributed by atoms with Gasteiger partial charge in [0.25, 0.3) is 5.91 Å². The molecule has 3 aromatic heterocycles. The summed E-state index contributed by atoms with van der Waals surface area (Å²) in [5.74, 6) is -1.22. The Labute approximate surface area is 210 Å². The van der Waals surface area contributed by atoms with Gasteiger partial charge in [0.2, 0.25) is 0 Å². The lowest BCUT2D eigenvalue weighted by Crippen LogP contribution is -2.46. The summed E-state index contributed by atoms with van der Waals surface area (Å²) in [6.07, 6.45) is 1.67. The van der Waals surface area contributed by atoms with Gasteiger partial charge in [0, 0.05) is 42.7 Å². The third-order valence-electron chi connectivity index (χ3n) is 6.43. The summed E-state index contributed by atoms with van der Waals surface area (Å²) in [5, 5.41) is 7.51. The first-order valence-corrected chi connectivity index (χ1v) is 12.7. The zero-order valence-corrected chi connectivity index (χ0v) is 20.9. The van der Waals surface area contributed by atoms with E-state index in [0.717, 1.165) is 36.9 Å². The number of nitrogens with one attached hydrogen (secondary N) is 1. The van der Waals surface area contributed by atoms with Gasteiger partial charge in [-0.3, -0.25) is 4.79 Å². The lowest BCUT2D eigenvalue weighted by atomic mass is 10.0. The van der Waals surface area contributed by atoms with Crippen LogP contribution in [-0.2, 0) is 6.54 Å². The molecule has 4 aromatic rings. The average Bonchev–Trinajstić information content (AvgIpc) is 3.53. The Morgan fingerprint density at radius 2 is 2.00 bits per heavy atom. The number of piperidine rings is 1. The molecule has 1 aliphatic heterocycles. The summed E-state index contributed by atoms with van der Waals surface area (Å²) in [4.78, 5) is 16.5. The number of benzene rings is 1. The van der Waals surface area contributed by atoms with Gasteiger partial charge < -0.3 is 19.3 Å². The molecule has 1 aromatic carbocycles. The highest BCUT2D eigenvalue weighted by Crippen LogP contribution is 2.32. The standard InChI is InChI=1S/C25H25ClF2N4O2S/c1-14(2)31-7-5-17(6-8-31)29-25(33)20-10-15-9-16(27)11-19(28)24(15)32(20)13-18-12-21(34-30-18)22-3-4-23(26)35-22/h3-4,9-12,14,17H,5-8,13H2,1-2H3,(H,29,33). The van der Waals surface area contributed by atoms with Crippen LogP contribution in [0.4, 0.5) is 8.78 Å². The van der Waals surface area contributed by atoms with Crippen molar-refractivity contribution in [3.05, 3.63) is 63.8 Å². The van der Waals surface area contributed by atoms with Crippen molar-refractivity contribution in [2.45, 2.75) is 45.3 Å². The van der Waals surface area contributed by atoms with Crippen molar-refractivity contribution in [3.8, 4) is 10.6 Å². The number of amides is 1. The zero-order valence-electron chi connectivity index (χ0n) is 19.4. The van der Waals surface area contributed by atoms with Crippen LogP contribution in [0.15, 0.2) is 40.9 Å². The Morgan fingerprint density at radius 1 is 1.23 bits per heavy atom. The lowest BCUT2D eigenvalue weighted by molar-refractivity contribution is 0.0892. The monoisotopic (exact) mass is 518 g/mol. The Kier molecular flexibility index (Phi) is 6.65. The first-order valence-electron chi connectivity index (χ1n) is 11.5. The van der Waals surface area contributed by atoms with Gasteiger partial charge >= 0.3 is 0 Å². The molecule has 4 heterocycles. The van der Waals surface area contributed by atoms with Crippen molar-refractivity contribution < 1.29 is 18.1 Å². The molecule has 1 amide bonds. The number of carbonyl (C=O) groups is 1. The van der Waals surface area contributed by atoms with E-state index < -0.39 is 11.6 Å². The van der Waals surface area contributed by atoms with Gasteiger partial charge in [-0.1, -0.05) is 16.8 Å². The number of fused-ring (bicyclic) bond motifs is 1. The molecular weight excluding hydrogens is 494 g/mol. The van der Waals surface area contributed by atoms with E-state index in [9.17, 15) is 13.6 Å². The summed E-state index contributed by atoms with van der Waals surface area (Å²) < 4.78 is 36.4. The Morgan fingerprint density at radius 3 is 2.69 bits per heavy atom. The number of halogens is 3. The van der Waals surface area contributed by atoms with E-state index in [4.69, 9.17) is 16.1 Å². The van der Waals surface area contributed by atoms with Crippen LogP contribution in [0, 0.1) is 11.6 Å². The number of nitrogens with zero attached hydrogens (tertiary/aromatic N) is 3. The number of carbonyl (C=O) groups excluding carboxylic acids is 1. The van der Waals surface area contributed by atoms with E-state index in [0.29, 0.717) is 27.2 Å². The van der Waals surface area contributed by atoms with Crippen LogP contribution < -0.4 is 5.32 Å². The van der Waals surface area contributed by atoms with Gasteiger partial charge in [-0.2, -0.15) is 0 Å². The topological polar surface area (TPSA) is 63.3 Å². The van der Waals surface area contributed by atoms with Gasteiger partial charge in [0.05, 0.1) is 21.3 Å². The minimum Gasteiger partial charge on any atom is -0.355 e. The predicted molar refractivity (Wildman–Crippen MR) is 133 cm³/mol. The summed E-state index contributed by atoms with van der Waals surface area (Å²) in [6.45, 7) is 6.21. The molecule has 5 rings (SSSR count). The fraction of sp³-hybridized carbons (Fsp3) is 0.360. The quantitative estimate of drug-likeness (QED) is 0.343. The molecule has 1 saturated heterocycles. The van der Waals surface area contributed by atoms with Gasteiger partial charge in [0.15, 0.2) is 5.76 Å². The van der Waals surface area contributed by atoms with Gasteiger partial charge in [-0.25, -0.2) is 8.78 Å². The number of hydrogen-bond acceptors (Lipinski definition) is 5. The van der Waals surface area contributed by atoms with Crippen LogP contribution in [-0.4, -0.2) is 45.7 Å². The van der Waals surface area contributed by atoms with Crippen molar-refractivity contribution in [3.63, 3.8) is 0 Å². The molecule has 35 heavy (non-hydrogen) atoms. The molecule has 0 unspecified atom stereocenters. The second kappa shape index (κ2) is 9.72. The van der Waals surface area contributed by atoms with Crippen LogP contribution in [0.25, 0.3) is 21.5 Å². The van der Waals surface area contributed by atoms with E-state index in [-0.39, 0.29) is 29.7 Å². The fourth-order valence-corrected chi connectivity index (χ4v) is 5.60. The van der Waals surface area contributed by atoms with Crippen molar-refractivity contribution in [2.75, 3.05) is 13.1 Å². The molecule has 10 heteroatoms. The Balaban J connectivity index is 1.44. The van der Waals surface area contributed by atoms with Gasteiger partial charge in [-0.15, -0.1) is 11.3 Å². The van der Waals surface area contributed by atoms with E-state index in [1.54, 1.807) is 12.1 Å². The van der Waals surface area contributed by atoms with Gasteiger partial charge in [0.1, 0.15) is 23.0 Å². The van der Waals surface area contributed by atoms with E-state index >= 15 is 0 Å². The lowest BCUT2D eigenvalue weighted by Gasteiger charge is -2.34. The number of thiophene rings is 1. The minimum atomic E-state index is -0.738. The summed E-state index contributed by atoms with van der Waals surface area (Å²) in [5.41, 5.74) is 0.902. The summed E-state index contributed by atoms with van der Waals surface area (Å²) in [7, 11) is 0. The second-order valence-electron chi connectivity index (χ2n) is 9.10. The van der Waals surface area contributed by atoms with E-state index in [1.807, 2.05) is 6.07 Å². The Bertz CT molecular complexity index is 1370. The Hall–Kier alpha value is -2.75. The number of likely N-dealkylation sites (tertiary alicyclic amines) is 1. The maximum atomic E-state index is 14.9. The van der Waals surface area contributed by atoms with Gasteiger partial charge in [-0.05, 0) is 51.0 Å². The van der Waals surface area contributed by atoms with Crippen molar-refractivity contribution in [2.24, 2.45) is 0 Å². The molecule has 0 bridgehead atoms. The van der Waals surface area contributed by atoms with Crippen LogP contribution in [0.5, 0.6) is 0 Å². The van der Waals surface area contributed by atoms with Crippen molar-refractivity contribution in [1.82, 2.24) is 19.9 Å². The van der Waals surface area contributed by atoms with Crippen LogP contribution in [0.1, 0.15) is 42.9 Å². The highest BCUT2D eigenvalue weighted by molar-refractivity contribution is 7.19. The van der Waals surface area contributed by atoms with Crippen LogP contribution in [0.3, 0.4) is 0 Å². The minimum absolute atomic E-state index is 0.0211. The van der Waals surface area contributed by atoms with Crippen molar-refractivity contribution >= 4 is 39.7 Å². The van der Waals surface area contributed by atoms with Crippen molar-refractivity contribution in [1.29, 1.82) is 0 Å². The van der Waals surface area contributed by atoms with E-state index in [1.165, 1.54) is 28.0 Å². The molecule has 0 atom stereocenters. The first kappa shape index (κ1) is 24.0. The third-order valence-corrected chi connectivity index (χ3v) is 7.68. The fourth-order valence-electron chi connectivity index (χ4n) is 4.61. The number of aromatic nitrogens is 2. The summed E-state index contributed by atoms with van der Waals surface area (Å²) in [6, 6.07) is 9.39. The third kappa shape index (κ3) is 4.98. The molecule has 184 valence electrons. The largest absolute Gasteiger partial charge is 0.355 e. The average molecular weight is 519 g/mol. The molecule has 0 aliphatic carbocycles. The van der Waals surface area contributed by atoms with E-state index in [2.05, 4.69) is 29.2 Å². The molecule has 1 fully saturated rings. The SMILES string of the molecule is CC(C)N1CCC(NC(=O)c2cc3cc(F)cc(F)c3n2Cc2cc(-c3ccc(Cl)s3)on2)CC1. The van der Waals surface area contributed by atoms with Crippen LogP contribution >= 0.6 is 22.9 Å². The summed E-state index contributed by atoms with van der Waals surface area (Å²) >= 11 is 7.37. The van der Waals surface area contributed by atoms with Crippen LogP contribution in [0.2, 0.25) is 4.34 Å². The maximum Gasteiger partial charge on any atom is 0.268 e. The molecule has 0 radical (unpaired) electrons.